The molecule has 0 heterocycles. The molecule has 0 saturated heterocycles. The van der Waals surface area contributed by atoms with Crippen LogP contribution >= 0.6 is 0 Å². The number of rotatable bonds is 9. The van der Waals surface area contributed by atoms with Gasteiger partial charge < -0.3 is 10.2 Å². The van der Waals surface area contributed by atoms with Crippen LogP contribution in [0.4, 0.5) is 0 Å². The molecular formula is C15H28O3. The third kappa shape index (κ3) is 24.2. The quantitative estimate of drug-likeness (QED) is 0.485. The van der Waals surface area contributed by atoms with Gasteiger partial charge in [0.15, 0.2) is 0 Å². The predicted molar refractivity (Wildman–Crippen MR) is 76.7 cm³/mol. The summed E-state index contributed by atoms with van der Waals surface area (Å²) in [6.07, 6.45) is 15.7. The van der Waals surface area contributed by atoms with Gasteiger partial charge in [-0.15, -0.1) is 0 Å². The monoisotopic (exact) mass is 256 g/mol. The first-order valence-corrected chi connectivity index (χ1v) is 6.83. The van der Waals surface area contributed by atoms with Crippen LogP contribution in [0.25, 0.3) is 0 Å². The van der Waals surface area contributed by atoms with E-state index in [1.54, 1.807) is 6.92 Å². The number of allylic oxidation sites excluding steroid dienone is 4. The van der Waals surface area contributed by atoms with E-state index >= 15 is 0 Å². The summed E-state index contributed by atoms with van der Waals surface area (Å²) in [7, 11) is 0. The minimum absolute atomic E-state index is 0.222. The molecule has 0 aliphatic rings. The highest BCUT2D eigenvalue weighted by molar-refractivity contribution is 5.66. The maximum absolute atomic E-state index is 9.37. The summed E-state index contributed by atoms with van der Waals surface area (Å²) in [5, 5.41) is 16.3. The van der Waals surface area contributed by atoms with E-state index < -0.39 is 5.97 Å². The summed E-state index contributed by atoms with van der Waals surface area (Å²) in [5.74, 6) is -0.745. The summed E-state index contributed by atoms with van der Waals surface area (Å²) in [4.78, 5) is 9.37. The van der Waals surface area contributed by atoms with Crippen LogP contribution < -0.4 is 0 Å². The summed E-state index contributed by atoms with van der Waals surface area (Å²) in [6.45, 7) is 4.13. The van der Waals surface area contributed by atoms with Crippen LogP contribution in [0.15, 0.2) is 24.3 Å². The number of carboxylic acids is 1. The normalized spacial score (nSPS) is 10.6. The zero-order valence-corrected chi connectivity index (χ0v) is 11.8. The first-order valence-electron chi connectivity index (χ1n) is 6.83. The van der Waals surface area contributed by atoms with Gasteiger partial charge in [0.1, 0.15) is 0 Å². The van der Waals surface area contributed by atoms with Crippen LogP contribution in [-0.2, 0) is 4.79 Å². The van der Waals surface area contributed by atoms with E-state index in [2.05, 4.69) is 31.2 Å². The Labute approximate surface area is 111 Å². The molecule has 0 aromatic heterocycles. The molecule has 3 nitrogen and oxygen atoms in total. The van der Waals surface area contributed by atoms with Crippen LogP contribution in [0.1, 0.15) is 58.8 Å². The van der Waals surface area contributed by atoms with Gasteiger partial charge in [-0.1, -0.05) is 51.0 Å². The number of aliphatic carboxylic acids is 1. The van der Waals surface area contributed by atoms with E-state index in [0.29, 0.717) is 6.61 Å². The van der Waals surface area contributed by atoms with Crippen molar-refractivity contribution in [2.45, 2.75) is 58.8 Å². The van der Waals surface area contributed by atoms with Crippen molar-refractivity contribution in [3.8, 4) is 0 Å². The molecule has 0 bridgehead atoms. The maximum atomic E-state index is 9.37. The van der Waals surface area contributed by atoms with Crippen molar-refractivity contribution < 1.29 is 15.0 Å². The summed E-state index contributed by atoms with van der Waals surface area (Å²) < 4.78 is 0. The van der Waals surface area contributed by atoms with E-state index in [0.717, 1.165) is 19.3 Å². The molecule has 0 atom stereocenters. The lowest BCUT2D eigenvalue weighted by atomic mass is 10.2. The highest BCUT2D eigenvalue weighted by Crippen LogP contribution is 1.97. The minimum Gasteiger partial charge on any atom is -0.481 e. The molecule has 0 saturated carbocycles. The van der Waals surface area contributed by atoms with Gasteiger partial charge in [0.2, 0.25) is 0 Å². The molecule has 0 amide bonds. The van der Waals surface area contributed by atoms with Crippen LogP contribution in [0.2, 0.25) is 0 Å². The number of aliphatic hydroxyl groups excluding tert-OH is 1. The number of carboxylic acid groups (broad SMARTS) is 1. The van der Waals surface area contributed by atoms with Gasteiger partial charge >= 0.3 is 5.97 Å². The van der Waals surface area contributed by atoms with Crippen molar-refractivity contribution in [2.75, 3.05) is 6.61 Å². The Morgan fingerprint density at radius 1 is 1.00 bits per heavy atom. The van der Waals surface area contributed by atoms with Crippen molar-refractivity contribution >= 4 is 5.97 Å². The molecule has 0 spiro atoms. The molecule has 0 aromatic rings. The third-order valence-electron chi connectivity index (χ3n) is 2.19. The lowest BCUT2D eigenvalue weighted by Crippen LogP contribution is -1.86. The Morgan fingerprint density at radius 3 is 1.89 bits per heavy atom. The molecule has 2 N–H and O–H groups in total. The second-order valence-electron chi connectivity index (χ2n) is 3.97. The van der Waals surface area contributed by atoms with Crippen LogP contribution in [0, 0.1) is 0 Å². The number of hydrogen-bond acceptors (Lipinski definition) is 2. The summed E-state index contributed by atoms with van der Waals surface area (Å²) >= 11 is 0. The maximum Gasteiger partial charge on any atom is 0.303 e. The van der Waals surface area contributed by atoms with Crippen LogP contribution in [0.5, 0.6) is 0 Å². The van der Waals surface area contributed by atoms with Gasteiger partial charge in [-0.2, -0.15) is 0 Å². The largest absolute Gasteiger partial charge is 0.481 e. The third-order valence-corrected chi connectivity index (χ3v) is 2.19. The van der Waals surface area contributed by atoms with E-state index in [1.807, 2.05) is 0 Å². The topological polar surface area (TPSA) is 57.5 Å². The average molecular weight is 256 g/mol. The van der Waals surface area contributed by atoms with Gasteiger partial charge in [-0.3, -0.25) is 4.79 Å². The number of hydrogen-bond donors (Lipinski definition) is 2. The minimum atomic E-state index is -0.745. The average Bonchev–Trinajstić information content (AvgIpc) is 2.37. The van der Waals surface area contributed by atoms with Crippen LogP contribution in [-0.4, -0.2) is 22.8 Å². The standard InChI is InChI=1S/C12H22O.C3H6O2/c1-2-3-4-5-6-7-8-9-10-11-12-13;1-2-3(4)5/h5-8,13H,2-4,9-12H2,1H3;2H2,1H3,(H,4,5). The zero-order valence-electron chi connectivity index (χ0n) is 11.8. The van der Waals surface area contributed by atoms with E-state index in [4.69, 9.17) is 10.2 Å². The molecule has 0 rings (SSSR count). The Morgan fingerprint density at radius 2 is 1.50 bits per heavy atom. The van der Waals surface area contributed by atoms with Crippen molar-refractivity contribution in [1.82, 2.24) is 0 Å². The molecule has 0 radical (unpaired) electrons. The fraction of sp³-hybridized carbons (Fsp3) is 0.667. The summed E-state index contributed by atoms with van der Waals surface area (Å²) in [5.41, 5.74) is 0. The predicted octanol–water partition coefficient (Wildman–Crippen LogP) is 3.93. The first-order chi connectivity index (χ1) is 8.68. The van der Waals surface area contributed by atoms with Crippen LogP contribution in [0.3, 0.4) is 0 Å². The van der Waals surface area contributed by atoms with Gasteiger partial charge in [-0.05, 0) is 25.7 Å². The number of carbonyl (C=O) groups is 1. The van der Waals surface area contributed by atoms with Crippen molar-refractivity contribution in [3.63, 3.8) is 0 Å². The van der Waals surface area contributed by atoms with Crippen molar-refractivity contribution in [3.05, 3.63) is 24.3 Å². The molecule has 0 aliphatic heterocycles. The fourth-order valence-corrected chi connectivity index (χ4v) is 1.05. The smallest absolute Gasteiger partial charge is 0.303 e. The molecule has 3 heteroatoms. The van der Waals surface area contributed by atoms with Gasteiger partial charge in [0.05, 0.1) is 0 Å². The second kappa shape index (κ2) is 18.3. The fourth-order valence-electron chi connectivity index (χ4n) is 1.05. The Bertz CT molecular complexity index is 220. The molecule has 0 aliphatic carbocycles. The van der Waals surface area contributed by atoms with Gasteiger partial charge in [0.25, 0.3) is 0 Å². The molecule has 106 valence electrons. The molecular weight excluding hydrogens is 228 g/mol. The highest BCUT2D eigenvalue weighted by Gasteiger charge is 1.81. The lowest BCUT2D eigenvalue weighted by molar-refractivity contribution is -0.136. The van der Waals surface area contributed by atoms with Crippen molar-refractivity contribution in [1.29, 1.82) is 0 Å². The summed E-state index contributed by atoms with van der Waals surface area (Å²) in [6, 6.07) is 0. The Balaban J connectivity index is 0. The Hall–Kier alpha value is -1.09. The molecule has 0 aromatic carbocycles. The Kier molecular flexibility index (Phi) is 19.6. The molecule has 18 heavy (non-hydrogen) atoms. The number of aliphatic hydroxyl groups is 1. The first kappa shape index (κ1) is 19.3. The molecule has 0 fully saturated rings. The second-order valence-corrected chi connectivity index (χ2v) is 3.97. The van der Waals surface area contributed by atoms with E-state index in [9.17, 15) is 4.79 Å². The zero-order chi connectivity index (χ0) is 14.1. The SMILES string of the molecule is CCC(=O)O.CCCCC=CC=CCCCCO. The van der Waals surface area contributed by atoms with Crippen molar-refractivity contribution in [2.24, 2.45) is 0 Å². The number of unbranched alkanes of at least 4 members (excludes halogenated alkanes) is 4. The van der Waals surface area contributed by atoms with E-state index in [1.165, 1.54) is 19.3 Å². The van der Waals surface area contributed by atoms with E-state index in [-0.39, 0.29) is 6.42 Å². The lowest BCUT2D eigenvalue weighted by Gasteiger charge is -1.89. The van der Waals surface area contributed by atoms with Gasteiger partial charge in [0, 0.05) is 13.0 Å². The molecule has 0 unspecified atom stereocenters. The highest BCUT2D eigenvalue weighted by atomic mass is 16.4. The van der Waals surface area contributed by atoms with Gasteiger partial charge in [-0.25, -0.2) is 0 Å².